The largest absolute Gasteiger partial charge is 0.314 e. The molecule has 0 aliphatic rings. The van der Waals surface area contributed by atoms with E-state index >= 15 is 0 Å². The number of rotatable bonds is 3. The lowest BCUT2D eigenvalue weighted by Gasteiger charge is -2.19. The maximum atomic E-state index is 10.1. The maximum absolute atomic E-state index is 10.1. The van der Waals surface area contributed by atoms with E-state index in [0.29, 0.717) is 6.42 Å². The lowest BCUT2D eigenvalue weighted by Crippen LogP contribution is -2.47. The summed E-state index contributed by atoms with van der Waals surface area (Å²) < 4.78 is 0. The monoisotopic (exact) mass is 130 g/mol. The Bertz CT molecular complexity index is 95.7. The minimum absolute atomic E-state index is 0.0370. The van der Waals surface area contributed by atoms with E-state index in [0.717, 1.165) is 6.29 Å². The third-order valence-electron chi connectivity index (χ3n) is 0.994. The van der Waals surface area contributed by atoms with Crippen LogP contribution in [0, 0.1) is 5.92 Å². The van der Waals surface area contributed by atoms with Crippen LogP contribution in [0.5, 0.6) is 0 Å². The fraction of sp³-hybridized carbons (Fsp3) is 0.833. The summed E-state index contributed by atoms with van der Waals surface area (Å²) in [6, 6.07) is 0. The molecule has 0 radical (unpaired) electrons. The van der Waals surface area contributed by atoms with Crippen LogP contribution in [0.1, 0.15) is 20.3 Å². The molecule has 0 heterocycles. The Morgan fingerprint density at radius 3 is 2.22 bits per heavy atom. The Balaban J connectivity index is 3.59. The zero-order valence-corrected chi connectivity index (χ0v) is 5.92. The molecule has 0 spiro atoms. The van der Waals surface area contributed by atoms with Gasteiger partial charge in [-0.3, -0.25) is 0 Å². The van der Waals surface area contributed by atoms with Crippen LogP contribution in [0.25, 0.3) is 0 Å². The normalized spacial score (nSPS) is 15.1. The molecule has 0 saturated carbocycles. The number of hydrogen-bond donors (Lipinski definition) is 2. The van der Waals surface area contributed by atoms with Gasteiger partial charge in [-0.2, -0.15) is 0 Å². The fourth-order valence-corrected chi connectivity index (χ4v) is 0.742. The lowest BCUT2D eigenvalue weighted by molar-refractivity contribution is -0.111. The van der Waals surface area contributed by atoms with Gasteiger partial charge in [0.1, 0.15) is 6.29 Å². The number of carbonyl (C=O) groups is 1. The first kappa shape index (κ1) is 8.59. The van der Waals surface area contributed by atoms with Crippen molar-refractivity contribution in [1.29, 1.82) is 0 Å². The van der Waals surface area contributed by atoms with Crippen molar-refractivity contribution in [2.45, 2.75) is 25.9 Å². The van der Waals surface area contributed by atoms with Crippen LogP contribution < -0.4 is 11.5 Å². The molecule has 0 fully saturated rings. The fourth-order valence-electron chi connectivity index (χ4n) is 0.742. The molecule has 1 atom stereocenters. The first-order chi connectivity index (χ1) is 3.95. The van der Waals surface area contributed by atoms with Gasteiger partial charge in [0.25, 0.3) is 0 Å². The van der Waals surface area contributed by atoms with E-state index in [-0.39, 0.29) is 5.92 Å². The van der Waals surface area contributed by atoms with Gasteiger partial charge in [0.2, 0.25) is 0 Å². The zero-order chi connectivity index (χ0) is 7.49. The molecule has 0 rings (SSSR count). The van der Waals surface area contributed by atoms with Gasteiger partial charge in [-0.05, 0) is 13.3 Å². The number of nitrogens with two attached hydrogens (primary N) is 2. The van der Waals surface area contributed by atoms with E-state index in [2.05, 4.69) is 0 Å². The molecule has 1 unspecified atom stereocenters. The molecular weight excluding hydrogens is 116 g/mol. The topological polar surface area (TPSA) is 69.1 Å². The highest BCUT2D eigenvalue weighted by molar-refractivity contribution is 5.52. The Kier molecular flexibility index (Phi) is 2.81. The maximum Gasteiger partial charge on any atom is 0.122 e. The summed E-state index contributed by atoms with van der Waals surface area (Å²) in [5.74, 6) is -0.0370. The van der Waals surface area contributed by atoms with Gasteiger partial charge in [-0.1, -0.05) is 6.92 Å². The highest BCUT2D eigenvalue weighted by atomic mass is 16.1. The molecule has 0 aliphatic carbocycles. The van der Waals surface area contributed by atoms with E-state index in [1.54, 1.807) is 13.8 Å². The molecule has 0 aromatic heterocycles. The van der Waals surface area contributed by atoms with E-state index in [4.69, 9.17) is 11.5 Å². The van der Waals surface area contributed by atoms with Gasteiger partial charge in [0, 0.05) is 5.92 Å². The highest BCUT2D eigenvalue weighted by Crippen LogP contribution is 2.05. The number of hydrogen-bond acceptors (Lipinski definition) is 3. The van der Waals surface area contributed by atoms with Crippen LogP contribution in [-0.4, -0.2) is 11.9 Å². The lowest BCUT2D eigenvalue weighted by atomic mass is 10.0. The molecule has 3 heteroatoms. The first-order valence-electron chi connectivity index (χ1n) is 2.99. The van der Waals surface area contributed by atoms with E-state index in [1.165, 1.54) is 0 Å². The van der Waals surface area contributed by atoms with Crippen LogP contribution in [-0.2, 0) is 4.79 Å². The Labute approximate surface area is 55.4 Å². The third-order valence-corrected chi connectivity index (χ3v) is 0.994. The van der Waals surface area contributed by atoms with E-state index in [9.17, 15) is 4.79 Å². The SMILES string of the molecule is CC(C=O)CC(C)(N)N. The van der Waals surface area contributed by atoms with Crippen molar-refractivity contribution >= 4 is 6.29 Å². The second-order valence-electron chi connectivity index (χ2n) is 2.82. The summed E-state index contributed by atoms with van der Waals surface area (Å²) in [6.45, 7) is 3.50. The van der Waals surface area contributed by atoms with Gasteiger partial charge in [-0.25, -0.2) is 0 Å². The summed E-state index contributed by atoms with van der Waals surface area (Å²) in [4.78, 5) is 10.1. The zero-order valence-electron chi connectivity index (χ0n) is 5.92. The second-order valence-corrected chi connectivity index (χ2v) is 2.82. The second kappa shape index (κ2) is 2.94. The minimum Gasteiger partial charge on any atom is -0.314 e. The van der Waals surface area contributed by atoms with Crippen molar-refractivity contribution < 1.29 is 4.79 Å². The predicted octanol–water partition coefficient (Wildman–Crippen LogP) is -0.155. The molecule has 0 saturated heterocycles. The van der Waals surface area contributed by atoms with Crippen molar-refractivity contribution in [2.24, 2.45) is 17.4 Å². The van der Waals surface area contributed by atoms with Crippen LogP contribution in [0.2, 0.25) is 0 Å². The smallest absolute Gasteiger partial charge is 0.122 e. The Hall–Kier alpha value is -0.410. The molecule has 0 amide bonds. The van der Waals surface area contributed by atoms with Crippen molar-refractivity contribution in [1.82, 2.24) is 0 Å². The molecular formula is C6H14N2O. The third kappa shape index (κ3) is 5.46. The van der Waals surface area contributed by atoms with Crippen LogP contribution >= 0.6 is 0 Å². The van der Waals surface area contributed by atoms with Gasteiger partial charge in [0.15, 0.2) is 0 Å². The van der Waals surface area contributed by atoms with E-state index < -0.39 is 5.66 Å². The molecule has 54 valence electrons. The van der Waals surface area contributed by atoms with Gasteiger partial charge >= 0.3 is 0 Å². The number of carbonyl (C=O) groups excluding carboxylic acids is 1. The van der Waals surface area contributed by atoms with Crippen molar-refractivity contribution in [3.05, 3.63) is 0 Å². The molecule has 0 aliphatic heterocycles. The summed E-state index contributed by atoms with van der Waals surface area (Å²) in [5.41, 5.74) is 10.2. The van der Waals surface area contributed by atoms with Crippen LogP contribution in [0.3, 0.4) is 0 Å². The first-order valence-corrected chi connectivity index (χ1v) is 2.99. The van der Waals surface area contributed by atoms with Gasteiger partial charge in [0.05, 0.1) is 5.66 Å². The quantitative estimate of drug-likeness (QED) is 0.412. The van der Waals surface area contributed by atoms with Crippen molar-refractivity contribution in [3.63, 3.8) is 0 Å². The summed E-state index contributed by atoms with van der Waals surface area (Å²) in [7, 11) is 0. The van der Waals surface area contributed by atoms with Crippen LogP contribution in [0.15, 0.2) is 0 Å². The molecule has 4 N–H and O–H groups in total. The molecule has 0 aromatic rings. The van der Waals surface area contributed by atoms with Crippen LogP contribution in [0.4, 0.5) is 0 Å². The highest BCUT2D eigenvalue weighted by Gasteiger charge is 2.14. The standard InChI is InChI=1S/C6H14N2O/c1-5(4-9)3-6(2,7)8/h4-5H,3,7-8H2,1-2H3. The minimum atomic E-state index is -0.708. The summed E-state index contributed by atoms with van der Waals surface area (Å²) in [5, 5.41) is 0. The number of aldehydes is 1. The molecule has 3 nitrogen and oxygen atoms in total. The molecule has 0 aromatic carbocycles. The Morgan fingerprint density at radius 1 is 1.67 bits per heavy atom. The van der Waals surface area contributed by atoms with Gasteiger partial charge in [-0.15, -0.1) is 0 Å². The summed E-state index contributed by atoms with van der Waals surface area (Å²) in [6.07, 6.45) is 1.40. The Morgan fingerprint density at radius 2 is 2.11 bits per heavy atom. The van der Waals surface area contributed by atoms with Crippen molar-refractivity contribution in [3.8, 4) is 0 Å². The van der Waals surface area contributed by atoms with E-state index in [1.807, 2.05) is 0 Å². The predicted molar refractivity (Wildman–Crippen MR) is 36.6 cm³/mol. The summed E-state index contributed by atoms with van der Waals surface area (Å²) >= 11 is 0. The average Bonchev–Trinajstić information content (AvgIpc) is 1.62. The van der Waals surface area contributed by atoms with Crippen molar-refractivity contribution in [2.75, 3.05) is 0 Å². The molecule has 9 heavy (non-hydrogen) atoms. The van der Waals surface area contributed by atoms with Gasteiger partial charge < -0.3 is 16.3 Å². The average molecular weight is 130 g/mol. The molecule has 0 bridgehead atoms.